The molecule has 0 spiro atoms. The summed E-state index contributed by atoms with van der Waals surface area (Å²) in [5.74, 6) is -0.413. The van der Waals surface area contributed by atoms with Crippen LogP contribution in [-0.2, 0) is 19.1 Å². The number of fused-ring (bicyclic) bond motifs is 4. The number of ether oxygens (including phenoxy) is 4. The Kier molecular flexibility index (Phi) is 11.6. The van der Waals surface area contributed by atoms with Crippen LogP contribution in [0.4, 0.5) is 0 Å². The summed E-state index contributed by atoms with van der Waals surface area (Å²) in [5, 5.41) is 9.09. The van der Waals surface area contributed by atoms with Gasteiger partial charge in [0.2, 0.25) is 11.8 Å². The Morgan fingerprint density at radius 3 is 1.35 bits per heavy atom. The minimum absolute atomic E-state index is 0.0599. The highest BCUT2D eigenvalue weighted by Gasteiger charge is 2.46. The molecule has 2 aromatic carbocycles. The first-order chi connectivity index (χ1) is 29.6. The summed E-state index contributed by atoms with van der Waals surface area (Å²) in [5.41, 5.74) is 5.33. The Morgan fingerprint density at radius 2 is 0.984 bits per heavy atom. The molecule has 14 heteroatoms. The molecule has 62 heavy (non-hydrogen) atoms. The van der Waals surface area contributed by atoms with Gasteiger partial charge in [0.1, 0.15) is 0 Å². The second-order valence-electron chi connectivity index (χ2n) is 16.2. The van der Waals surface area contributed by atoms with Gasteiger partial charge >= 0.3 is 17.9 Å². The van der Waals surface area contributed by atoms with Crippen LogP contribution in [-0.4, -0.2) is 82.1 Å². The molecule has 0 aliphatic carbocycles. The maximum absolute atomic E-state index is 12.6. The van der Waals surface area contributed by atoms with Crippen LogP contribution in [0.25, 0.3) is 22.5 Å². The van der Waals surface area contributed by atoms with Gasteiger partial charge in [-0.25, -0.2) is 14.8 Å². The first-order valence-corrected chi connectivity index (χ1v) is 19.6. The van der Waals surface area contributed by atoms with Crippen molar-refractivity contribution in [1.29, 1.82) is 0 Å². The average molecular weight is 836 g/mol. The van der Waals surface area contributed by atoms with Gasteiger partial charge in [-0.2, -0.15) is 0 Å². The molecule has 8 rings (SSSR count). The second-order valence-corrected chi connectivity index (χ2v) is 16.2. The highest BCUT2D eigenvalue weighted by molar-refractivity contribution is 5.94. The number of carbonyl (C=O) groups excluding carboxylic acids is 3. The maximum Gasteiger partial charge on any atom is 0.335 e. The Hall–Kier alpha value is -7.48. The highest BCUT2D eigenvalue weighted by atomic mass is 16.5. The molecule has 2 atom stereocenters. The minimum atomic E-state index is -0.986. The number of carbonyl (C=O) groups is 4. The molecule has 4 aromatic heterocycles. The Labute approximate surface area is 358 Å². The number of rotatable bonds is 8. The smallest absolute Gasteiger partial charge is 0.335 e. The number of esters is 2. The Bertz CT molecular complexity index is 2700. The van der Waals surface area contributed by atoms with Crippen molar-refractivity contribution in [3.8, 4) is 45.8 Å². The number of hydrogen-bond acceptors (Lipinski definition) is 12. The molecule has 0 radical (unpaired) electrons. The predicted molar refractivity (Wildman–Crippen MR) is 228 cm³/mol. The van der Waals surface area contributed by atoms with Crippen LogP contribution in [0.3, 0.4) is 0 Å². The van der Waals surface area contributed by atoms with E-state index >= 15 is 0 Å². The molecule has 1 N–H and O–H groups in total. The van der Waals surface area contributed by atoms with E-state index in [-0.39, 0.29) is 35.2 Å². The zero-order valence-corrected chi connectivity index (χ0v) is 35.5. The number of aromatic carboxylic acids is 1. The van der Waals surface area contributed by atoms with Gasteiger partial charge in [0.25, 0.3) is 5.91 Å². The van der Waals surface area contributed by atoms with Crippen molar-refractivity contribution >= 4 is 23.8 Å². The molecule has 0 fully saturated rings. The van der Waals surface area contributed by atoms with Gasteiger partial charge in [-0.1, -0.05) is 36.4 Å². The van der Waals surface area contributed by atoms with Crippen molar-refractivity contribution in [3.05, 3.63) is 143 Å². The molecule has 0 saturated heterocycles. The third-order valence-corrected chi connectivity index (χ3v) is 11.2. The summed E-state index contributed by atoms with van der Waals surface area (Å²) in [6.07, 6.45) is 6.59. The third-order valence-electron chi connectivity index (χ3n) is 11.2. The van der Waals surface area contributed by atoms with Gasteiger partial charge in [0, 0.05) is 77.3 Å². The van der Waals surface area contributed by atoms with Crippen molar-refractivity contribution in [2.24, 2.45) is 10.8 Å². The van der Waals surface area contributed by atoms with E-state index in [4.69, 9.17) is 29.0 Å². The molecule has 14 nitrogen and oxygen atoms in total. The molecule has 2 unspecified atom stereocenters. The van der Waals surface area contributed by atoms with Crippen LogP contribution in [0.1, 0.15) is 82.5 Å². The topological polar surface area (TPSA) is 180 Å². The number of methoxy groups -OCH3 is 2. The lowest BCUT2D eigenvalue weighted by Gasteiger charge is -2.36. The lowest BCUT2D eigenvalue weighted by Crippen LogP contribution is -2.35. The number of amides is 1. The number of pyridine rings is 4. The van der Waals surface area contributed by atoms with Gasteiger partial charge in [0.05, 0.1) is 54.4 Å². The summed E-state index contributed by atoms with van der Waals surface area (Å²) in [4.78, 5) is 67.7. The van der Waals surface area contributed by atoms with Crippen molar-refractivity contribution in [3.63, 3.8) is 0 Å². The summed E-state index contributed by atoms with van der Waals surface area (Å²) in [7, 11) is 6.21. The molecule has 2 aliphatic rings. The third kappa shape index (κ3) is 7.94. The van der Waals surface area contributed by atoms with Crippen LogP contribution in [0.15, 0.2) is 110 Å². The summed E-state index contributed by atoms with van der Waals surface area (Å²) < 4.78 is 22.3. The average Bonchev–Trinajstić information content (AvgIpc) is 3.28. The molecule has 6 heterocycles. The maximum atomic E-state index is 12.6. The van der Waals surface area contributed by atoms with Crippen LogP contribution >= 0.6 is 0 Å². The van der Waals surface area contributed by atoms with E-state index in [1.54, 1.807) is 63.1 Å². The first kappa shape index (κ1) is 42.6. The number of hydrogen-bond donors (Lipinski definition) is 1. The predicted octanol–water partition coefficient (Wildman–Crippen LogP) is 8.56. The van der Waals surface area contributed by atoms with Gasteiger partial charge in [-0.05, 0) is 76.2 Å². The van der Waals surface area contributed by atoms with Crippen molar-refractivity contribution in [2.45, 2.75) is 39.5 Å². The Morgan fingerprint density at radius 1 is 0.581 bits per heavy atom. The molecule has 2 aliphatic heterocycles. The van der Waals surface area contributed by atoms with Crippen molar-refractivity contribution < 1.29 is 43.2 Å². The lowest BCUT2D eigenvalue weighted by atomic mass is 9.70. The van der Waals surface area contributed by atoms with Crippen molar-refractivity contribution in [2.75, 3.05) is 28.3 Å². The van der Waals surface area contributed by atoms with Crippen LogP contribution in [0, 0.1) is 10.8 Å². The van der Waals surface area contributed by atoms with Gasteiger partial charge in [0.15, 0.2) is 11.5 Å². The fraction of sp³-hybridized carbons (Fsp3) is 0.250. The van der Waals surface area contributed by atoms with Gasteiger partial charge < -0.3 is 29.0 Å². The number of aromatic nitrogens is 4. The molecular weight excluding hydrogens is 791 g/mol. The van der Waals surface area contributed by atoms with Gasteiger partial charge in [-0.3, -0.25) is 24.4 Å². The molecule has 0 saturated carbocycles. The van der Waals surface area contributed by atoms with E-state index in [1.807, 2.05) is 76.2 Å². The second kappa shape index (κ2) is 16.9. The van der Waals surface area contributed by atoms with E-state index in [9.17, 15) is 19.2 Å². The molecule has 6 aromatic rings. The normalized spacial score (nSPS) is 14.7. The molecule has 316 valence electrons. The molecule has 1 amide bonds. The summed E-state index contributed by atoms with van der Waals surface area (Å²) in [6.45, 7) is 7.39. The number of nitrogens with zero attached hydrogens (tertiary/aromatic N) is 5. The Balaban J connectivity index is 0.000000187. The number of carboxylic acids is 1. The summed E-state index contributed by atoms with van der Waals surface area (Å²) >= 11 is 0. The van der Waals surface area contributed by atoms with E-state index in [2.05, 4.69) is 15.0 Å². The SMILES string of the molecule is COC(=O)C(C)(C)C1c2ccncc2Oc2nc(-c3ccc(C(=O)N(C)C)cc3)ccc21.COC(=O)C(C)(C)C1c2ccncc2Oc2nc(-c3ccc(C(=O)O)cc3)ccc21. The zero-order valence-electron chi connectivity index (χ0n) is 35.5. The fourth-order valence-corrected chi connectivity index (χ4v) is 7.94. The van der Waals surface area contributed by atoms with E-state index < -0.39 is 16.8 Å². The highest BCUT2D eigenvalue weighted by Crippen LogP contribution is 2.53. The van der Waals surface area contributed by atoms with Crippen molar-refractivity contribution in [1.82, 2.24) is 24.8 Å². The molecule has 0 bridgehead atoms. The number of benzene rings is 2. The first-order valence-electron chi connectivity index (χ1n) is 19.6. The standard InChI is InChI=1S/C25H25N3O4.C23H20N2O5/c1-25(2,24(30)31-5)21-17-12-13-26-14-20(17)32-22-18(21)10-11-19(27-22)15-6-8-16(9-7-15)23(29)28(3)4;1-23(2,22(28)29-3)19-15-10-11-24-12-18(15)30-20-16(19)8-9-17(25-20)13-4-6-14(7-5-13)21(26)27/h6-14,21H,1-5H3;4-12,19H,1-3H3,(H,26,27). The van der Waals surface area contributed by atoms with Crippen LogP contribution in [0.2, 0.25) is 0 Å². The lowest BCUT2D eigenvalue weighted by molar-refractivity contribution is -0.152. The van der Waals surface area contributed by atoms with Crippen LogP contribution < -0.4 is 9.47 Å². The quantitative estimate of drug-likeness (QED) is 0.144. The van der Waals surface area contributed by atoms with E-state index in [0.717, 1.165) is 33.4 Å². The minimum Gasteiger partial charge on any atom is -0.478 e. The van der Waals surface area contributed by atoms with Gasteiger partial charge in [-0.15, -0.1) is 0 Å². The van der Waals surface area contributed by atoms with E-state index in [0.29, 0.717) is 40.2 Å². The summed E-state index contributed by atoms with van der Waals surface area (Å²) in [6, 6.07) is 25.0. The van der Waals surface area contributed by atoms with Crippen LogP contribution in [0.5, 0.6) is 23.3 Å². The largest absolute Gasteiger partial charge is 0.478 e. The zero-order chi connectivity index (χ0) is 44.5. The monoisotopic (exact) mass is 835 g/mol. The number of carboxylic acid groups (broad SMARTS) is 1. The van der Waals surface area contributed by atoms with E-state index in [1.165, 1.54) is 31.3 Å². The molecular formula is C48H45N5O9. The fourth-order valence-electron chi connectivity index (χ4n) is 7.94.